The first-order valence-electron chi connectivity index (χ1n) is 37.6. The van der Waals surface area contributed by atoms with E-state index in [9.17, 15) is 38.2 Å². The van der Waals surface area contributed by atoms with Gasteiger partial charge in [-0.15, -0.1) is 0 Å². The number of amides is 1. The zero-order chi connectivity index (χ0) is 62.5. The highest BCUT2D eigenvalue weighted by Crippen LogP contribution is 2.27. The van der Waals surface area contributed by atoms with E-state index in [0.29, 0.717) is 12.8 Å². The Hall–Kier alpha value is -1.16. The molecule has 1 aliphatic heterocycles. The van der Waals surface area contributed by atoms with Crippen LogP contribution in [-0.2, 0) is 28.9 Å². The number of hydrogen-bond acceptors (Lipinski definition) is 10. The van der Waals surface area contributed by atoms with Crippen molar-refractivity contribution in [1.82, 2.24) is 5.32 Å². The van der Waals surface area contributed by atoms with Crippen molar-refractivity contribution < 1.29 is 51.8 Å². The standard InChI is InChI=1S/C73H143NO11S/c1-3-5-7-9-11-13-15-17-19-21-23-25-27-29-30-31-32-33-34-35-36-37-38-39-41-43-45-47-49-51-53-55-57-59-61-63-69(77)74-66(65-83-73-71(79)72(85-86(80,81)82)70(78)68(64-75)84-73)67(76)62-60-58-56-54-52-50-48-46-44-42-40-28-26-24-22-20-18-16-14-12-10-8-6-4-2/h31-32,66-68,70-73,75-76,78-79H,3-30,33-65H2,1-2H3,(H,74,77)(H,80,81,82)/b32-31-. The van der Waals surface area contributed by atoms with Crippen molar-refractivity contribution in [1.29, 1.82) is 0 Å². The molecule has 0 aromatic heterocycles. The first-order chi connectivity index (χ1) is 42.0. The van der Waals surface area contributed by atoms with Crippen LogP contribution in [0.3, 0.4) is 0 Å². The number of rotatable bonds is 68. The minimum atomic E-state index is -5.09. The van der Waals surface area contributed by atoms with E-state index in [1.807, 2.05) is 0 Å². The van der Waals surface area contributed by atoms with Crippen LogP contribution in [0.4, 0.5) is 0 Å². The first kappa shape index (κ1) is 82.9. The maximum absolute atomic E-state index is 13.2. The molecule has 0 aromatic rings. The van der Waals surface area contributed by atoms with Gasteiger partial charge >= 0.3 is 10.4 Å². The van der Waals surface area contributed by atoms with E-state index in [1.165, 1.54) is 315 Å². The molecular formula is C73H143NO11S. The lowest BCUT2D eigenvalue weighted by Gasteiger charge is -2.41. The predicted molar refractivity (Wildman–Crippen MR) is 361 cm³/mol. The fraction of sp³-hybridized carbons (Fsp3) is 0.959. The molecule has 1 fully saturated rings. The second kappa shape index (κ2) is 62.6. The number of nitrogens with one attached hydrogen (secondary N) is 1. The zero-order valence-corrected chi connectivity index (χ0v) is 57.2. The van der Waals surface area contributed by atoms with Crippen LogP contribution in [-0.4, -0.2) is 95.4 Å². The summed E-state index contributed by atoms with van der Waals surface area (Å²) in [5.74, 6) is -0.220. The Kier molecular flexibility index (Phi) is 60.3. The number of aliphatic hydroxyl groups excluding tert-OH is 4. The topological polar surface area (TPSA) is 192 Å². The summed E-state index contributed by atoms with van der Waals surface area (Å²) in [7, 11) is -5.09. The van der Waals surface area contributed by atoms with Crippen LogP contribution >= 0.6 is 0 Å². The average Bonchev–Trinajstić information content (AvgIpc) is 1.65. The molecule has 1 aliphatic rings. The van der Waals surface area contributed by atoms with E-state index >= 15 is 0 Å². The van der Waals surface area contributed by atoms with Crippen molar-refractivity contribution in [3.8, 4) is 0 Å². The Bertz CT molecular complexity index is 1550. The number of hydrogen-bond donors (Lipinski definition) is 6. The molecular weight excluding hydrogens is 1100 g/mol. The molecule has 86 heavy (non-hydrogen) atoms. The van der Waals surface area contributed by atoms with E-state index in [-0.39, 0.29) is 12.5 Å². The molecule has 0 aliphatic carbocycles. The van der Waals surface area contributed by atoms with E-state index < -0.39 is 59.9 Å². The number of allylic oxidation sites excluding steroid dienone is 2. The maximum Gasteiger partial charge on any atom is 0.397 e. The third-order valence-corrected chi connectivity index (χ3v) is 18.8. The predicted octanol–water partition coefficient (Wildman–Crippen LogP) is 20.1. The lowest BCUT2D eigenvalue weighted by atomic mass is 9.99. The molecule has 1 amide bonds. The van der Waals surface area contributed by atoms with Crippen LogP contribution < -0.4 is 5.32 Å². The number of carbonyl (C=O) groups is 1. The fourth-order valence-corrected chi connectivity index (χ4v) is 13.1. The summed E-state index contributed by atoms with van der Waals surface area (Å²) in [6.07, 6.45) is 71.2. The normalized spacial score (nSPS) is 18.2. The van der Waals surface area contributed by atoms with Crippen LogP contribution in [0.1, 0.15) is 393 Å². The van der Waals surface area contributed by atoms with Crippen molar-refractivity contribution >= 4 is 16.3 Å². The van der Waals surface area contributed by atoms with Crippen molar-refractivity contribution in [2.75, 3.05) is 13.2 Å². The molecule has 6 N–H and O–H groups in total. The number of unbranched alkanes of at least 4 members (excludes halogenated alkanes) is 54. The minimum absolute atomic E-state index is 0.220. The van der Waals surface area contributed by atoms with Crippen molar-refractivity contribution in [2.24, 2.45) is 0 Å². The second-order valence-corrected chi connectivity index (χ2v) is 27.6. The Morgan fingerprint density at radius 2 is 0.744 bits per heavy atom. The third-order valence-electron chi connectivity index (χ3n) is 18.3. The molecule has 13 heteroatoms. The smallest absolute Gasteiger partial charge is 0.394 e. The molecule has 1 rings (SSSR count). The van der Waals surface area contributed by atoms with Crippen LogP contribution in [0.25, 0.3) is 0 Å². The molecule has 0 aromatic carbocycles. The highest BCUT2D eigenvalue weighted by atomic mass is 32.3. The van der Waals surface area contributed by atoms with Crippen LogP contribution in [0, 0.1) is 0 Å². The van der Waals surface area contributed by atoms with Crippen molar-refractivity contribution in [3.63, 3.8) is 0 Å². The van der Waals surface area contributed by atoms with Crippen LogP contribution in [0.15, 0.2) is 12.2 Å². The van der Waals surface area contributed by atoms with Crippen molar-refractivity contribution in [3.05, 3.63) is 12.2 Å². The third kappa shape index (κ3) is 53.5. The molecule has 0 saturated carbocycles. The van der Waals surface area contributed by atoms with Gasteiger partial charge in [0.25, 0.3) is 0 Å². The molecule has 0 bridgehead atoms. The van der Waals surface area contributed by atoms with Gasteiger partial charge in [-0.2, -0.15) is 8.42 Å². The lowest BCUT2D eigenvalue weighted by Crippen LogP contribution is -2.61. The number of carbonyl (C=O) groups excluding carboxylic acids is 1. The lowest BCUT2D eigenvalue weighted by molar-refractivity contribution is -0.298. The molecule has 1 saturated heterocycles. The van der Waals surface area contributed by atoms with E-state index in [0.717, 1.165) is 51.4 Å². The molecule has 0 spiro atoms. The zero-order valence-electron chi connectivity index (χ0n) is 56.4. The van der Waals surface area contributed by atoms with E-state index in [4.69, 9.17) is 9.47 Å². The van der Waals surface area contributed by atoms with Gasteiger partial charge in [0.15, 0.2) is 6.29 Å². The number of ether oxygens (including phenoxy) is 2. The summed E-state index contributed by atoms with van der Waals surface area (Å²) in [5, 5.41) is 45.4. The van der Waals surface area contributed by atoms with Gasteiger partial charge < -0.3 is 35.2 Å². The van der Waals surface area contributed by atoms with Gasteiger partial charge in [-0.05, 0) is 38.5 Å². The van der Waals surface area contributed by atoms with Crippen LogP contribution in [0.5, 0.6) is 0 Å². The summed E-state index contributed by atoms with van der Waals surface area (Å²) in [4.78, 5) is 13.2. The largest absolute Gasteiger partial charge is 0.397 e. The van der Waals surface area contributed by atoms with E-state index in [2.05, 4.69) is 35.5 Å². The minimum Gasteiger partial charge on any atom is -0.394 e. The summed E-state index contributed by atoms with van der Waals surface area (Å²) < 4.78 is 48.2. The number of aliphatic hydroxyl groups is 4. The Labute approximate surface area is 531 Å². The molecule has 0 radical (unpaired) electrons. The van der Waals surface area contributed by atoms with Gasteiger partial charge in [0, 0.05) is 6.42 Å². The van der Waals surface area contributed by atoms with Gasteiger partial charge in [-0.25, -0.2) is 4.18 Å². The highest BCUT2D eigenvalue weighted by Gasteiger charge is 2.48. The fourth-order valence-electron chi connectivity index (χ4n) is 12.6. The summed E-state index contributed by atoms with van der Waals surface area (Å²) in [5.41, 5.74) is 0. The average molecular weight is 1240 g/mol. The monoisotopic (exact) mass is 1240 g/mol. The van der Waals surface area contributed by atoms with Crippen molar-refractivity contribution in [2.45, 2.75) is 436 Å². The highest BCUT2D eigenvalue weighted by molar-refractivity contribution is 7.80. The summed E-state index contributed by atoms with van der Waals surface area (Å²) >= 11 is 0. The first-order valence-corrected chi connectivity index (χ1v) is 38.9. The summed E-state index contributed by atoms with van der Waals surface area (Å²) in [6, 6.07) is -0.857. The molecule has 12 nitrogen and oxygen atoms in total. The molecule has 7 unspecified atom stereocenters. The Balaban J connectivity index is 2.18. The van der Waals surface area contributed by atoms with Crippen LogP contribution in [0.2, 0.25) is 0 Å². The SMILES string of the molecule is CCCCCCCCCCCCCCCC/C=C\CCCCCCCCCCCCCCCCCCCC(=O)NC(COC1OC(CO)C(O)C(OS(=O)(=O)O)C1O)C(O)CCCCCCCCCCCCCCCCCCCCCCCCCC. The molecule has 1 heterocycles. The Morgan fingerprint density at radius 3 is 1.05 bits per heavy atom. The van der Waals surface area contributed by atoms with Gasteiger partial charge in [0.2, 0.25) is 5.91 Å². The Morgan fingerprint density at radius 1 is 0.453 bits per heavy atom. The maximum atomic E-state index is 13.2. The molecule has 7 atom stereocenters. The quantitative estimate of drug-likeness (QED) is 0.0193. The van der Waals surface area contributed by atoms with Gasteiger partial charge in [-0.1, -0.05) is 360 Å². The molecule has 512 valence electrons. The van der Waals surface area contributed by atoms with Gasteiger partial charge in [-0.3, -0.25) is 9.35 Å². The summed E-state index contributed by atoms with van der Waals surface area (Å²) in [6.45, 7) is 3.53. The van der Waals surface area contributed by atoms with Gasteiger partial charge in [0.1, 0.15) is 24.4 Å². The van der Waals surface area contributed by atoms with E-state index in [1.54, 1.807) is 0 Å². The second-order valence-electron chi connectivity index (χ2n) is 26.6. The van der Waals surface area contributed by atoms with Gasteiger partial charge in [0.05, 0.1) is 25.4 Å².